The van der Waals surface area contributed by atoms with Crippen LogP contribution in [0.1, 0.15) is 96.2 Å². The molecule has 1 heterocycles. The van der Waals surface area contributed by atoms with Crippen molar-refractivity contribution < 1.29 is 25.9 Å². The van der Waals surface area contributed by atoms with E-state index in [0.717, 1.165) is 24.1 Å². The fourth-order valence-electron chi connectivity index (χ4n) is 4.33. The SMILES string of the molecule is CCCCCCCCCCCCCCC(=S)Cc1nc2ccc(S(=O)(=O)O)cc2n1CCS(=O)(=O)O. The Morgan fingerprint density at radius 1 is 0.889 bits per heavy atom. The summed E-state index contributed by atoms with van der Waals surface area (Å²) in [7, 11) is -8.67. The minimum absolute atomic E-state index is 0.110. The summed E-state index contributed by atoms with van der Waals surface area (Å²) in [5.74, 6) is -0.0438. The molecule has 0 radical (unpaired) electrons. The van der Waals surface area contributed by atoms with Crippen LogP contribution in [0.5, 0.6) is 0 Å². The third-order valence-corrected chi connectivity index (χ3v) is 8.23. The van der Waals surface area contributed by atoms with E-state index in [-0.39, 0.29) is 11.4 Å². The Morgan fingerprint density at radius 2 is 1.44 bits per heavy atom. The van der Waals surface area contributed by atoms with Gasteiger partial charge in [0, 0.05) is 17.8 Å². The largest absolute Gasteiger partial charge is 0.327 e. The van der Waals surface area contributed by atoms with Gasteiger partial charge in [-0.15, -0.1) is 0 Å². The van der Waals surface area contributed by atoms with Gasteiger partial charge in [-0.3, -0.25) is 9.11 Å². The van der Waals surface area contributed by atoms with Gasteiger partial charge in [-0.05, 0) is 31.0 Å². The molecule has 2 rings (SSSR count). The normalized spacial score (nSPS) is 12.4. The van der Waals surface area contributed by atoms with Crippen LogP contribution >= 0.6 is 12.2 Å². The molecule has 1 aromatic carbocycles. The number of benzene rings is 1. The van der Waals surface area contributed by atoms with E-state index in [1.54, 1.807) is 4.57 Å². The highest BCUT2D eigenvalue weighted by atomic mass is 32.2. The van der Waals surface area contributed by atoms with E-state index in [1.165, 1.54) is 82.4 Å². The lowest BCUT2D eigenvalue weighted by molar-refractivity contribution is 0.477. The number of fused-ring (bicyclic) bond motifs is 1. The van der Waals surface area contributed by atoms with Gasteiger partial charge in [-0.2, -0.15) is 16.8 Å². The van der Waals surface area contributed by atoms with Crippen LogP contribution in [0.15, 0.2) is 23.1 Å². The second-order valence-corrected chi connectivity index (χ2v) is 13.0. The maximum absolute atomic E-state index is 11.6. The first kappa shape index (κ1) is 30.8. The van der Waals surface area contributed by atoms with Gasteiger partial charge in [0.15, 0.2) is 0 Å². The van der Waals surface area contributed by atoms with Crippen LogP contribution < -0.4 is 0 Å². The lowest BCUT2D eigenvalue weighted by Crippen LogP contribution is -2.15. The Labute approximate surface area is 221 Å². The number of unbranched alkanes of at least 4 members (excludes halogenated alkanes) is 11. The molecule has 2 aromatic rings. The minimum Gasteiger partial charge on any atom is -0.327 e. The monoisotopic (exact) mass is 560 g/mol. The number of rotatable bonds is 19. The maximum atomic E-state index is 11.6. The van der Waals surface area contributed by atoms with E-state index in [9.17, 15) is 25.9 Å². The molecule has 0 atom stereocenters. The zero-order valence-electron chi connectivity index (χ0n) is 21.2. The van der Waals surface area contributed by atoms with Gasteiger partial charge < -0.3 is 4.57 Å². The van der Waals surface area contributed by atoms with E-state index in [1.807, 2.05) is 0 Å². The van der Waals surface area contributed by atoms with Crippen LogP contribution in [0.2, 0.25) is 0 Å². The molecule has 0 aliphatic carbocycles. The van der Waals surface area contributed by atoms with Crippen molar-refractivity contribution in [3.63, 3.8) is 0 Å². The van der Waals surface area contributed by atoms with Crippen molar-refractivity contribution >= 4 is 48.4 Å². The van der Waals surface area contributed by atoms with Crippen molar-refractivity contribution in [1.82, 2.24) is 9.55 Å². The van der Waals surface area contributed by atoms with Crippen molar-refractivity contribution in [1.29, 1.82) is 0 Å². The summed E-state index contributed by atoms with van der Waals surface area (Å²) in [4.78, 5) is 4.99. The Bertz CT molecular complexity index is 1190. The van der Waals surface area contributed by atoms with Crippen LogP contribution in [-0.2, 0) is 33.2 Å². The zero-order chi connectivity index (χ0) is 26.6. The molecular weight excluding hydrogens is 520 g/mol. The van der Waals surface area contributed by atoms with Crippen molar-refractivity contribution in [2.45, 2.75) is 108 Å². The lowest BCUT2D eigenvalue weighted by atomic mass is 10.0. The van der Waals surface area contributed by atoms with Crippen LogP contribution in [-0.4, -0.2) is 46.1 Å². The molecule has 0 saturated carbocycles. The van der Waals surface area contributed by atoms with Crippen molar-refractivity contribution in [2.24, 2.45) is 0 Å². The summed E-state index contributed by atoms with van der Waals surface area (Å²) in [5.41, 5.74) is 0.817. The van der Waals surface area contributed by atoms with Gasteiger partial charge in [0.1, 0.15) is 5.82 Å². The molecule has 0 saturated heterocycles. The van der Waals surface area contributed by atoms with Gasteiger partial charge in [0.05, 0.1) is 21.7 Å². The molecule has 0 bridgehead atoms. The van der Waals surface area contributed by atoms with Gasteiger partial charge in [0.2, 0.25) is 0 Å². The van der Waals surface area contributed by atoms with E-state index in [0.29, 0.717) is 23.3 Å². The maximum Gasteiger partial charge on any atom is 0.294 e. The Kier molecular flexibility index (Phi) is 12.9. The molecular formula is C25H40N2O6S3. The molecule has 0 amide bonds. The summed E-state index contributed by atoms with van der Waals surface area (Å²) in [5, 5.41) is 0. The quantitative estimate of drug-likeness (QED) is 0.119. The average Bonchev–Trinajstić information content (AvgIpc) is 3.13. The molecule has 0 aliphatic rings. The molecule has 0 spiro atoms. The van der Waals surface area contributed by atoms with Gasteiger partial charge >= 0.3 is 0 Å². The number of imidazole rings is 1. The number of aryl methyl sites for hydroxylation is 1. The van der Waals surface area contributed by atoms with Crippen LogP contribution in [0.4, 0.5) is 0 Å². The fraction of sp³-hybridized carbons (Fsp3) is 0.680. The molecule has 11 heteroatoms. The molecule has 1 aromatic heterocycles. The van der Waals surface area contributed by atoms with Gasteiger partial charge in [-0.25, -0.2) is 4.98 Å². The second-order valence-electron chi connectivity index (χ2n) is 9.45. The number of aromatic nitrogens is 2. The predicted molar refractivity (Wildman–Crippen MR) is 148 cm³/mol. The Balaban J connectivity index is 1.85. The van der Waals surface area contributed by atoms with E-state index in [2.05, 4.69) is 11.9 Å². The summed E-state index contributed by atoms with van der Waals surface area (Å²) < 4.78 is 65.9. The first-order valence-electron chi connectivity index (χ1n) is 12.9. The highest BCUT2D eigenvalue weighted by molar-refractivity contribution is 7.86. The number of thiocarbonyl (C=S) groups is 1. The standard InChI is InChI=1S/C25H40N2O6S3/c1-2-3-4-5-6-7-8-9-10-11-12-13-14-21(34)19-25-26-23-16-15-22(36(31,32)33)20-24(23)27(25)17-18-35(28,29)30/h15-16,20H,2-14,17-19H2,1H3,(H,28,29,30)(H,31,32,33). The third-order valence-electron chi connectivity index (χ3n) is 6.33. The minimum atomic E-state index is -4.43. The number of hydrogen-bond acceptors (Lipinski definition) is 6. The molecule has 0 aliphatic heterocycles. The number of hydrogen-bond donors (Lipinski definition) is 2. The average molecular weight is 561 g/mol. The van der Waals surface area contributed by atoms with Gasteiger partial charge in [0.25, 0.3) is 20.2 Å². The van der Waals surface area contributed by atoms with Crippen LogP contribution in [0.25, 0.3) is 11.0 Å². The second kappa shape index (κ2) is 15.1. The topological polar surface area (TPSA) is 127 Å². The number of nitrogens with zero attached hydrogens (tertiary/aromatic N) is 2. The van der Waals surface area contributed by atoms with Crippen LogP contribution in [0, 0.1) is 0 Å². The zero-order valence-corrected chi connectivity index (χ0v) is 23.6. The summed E-state index contributed by atoms with van der Waals surface area (Å²) in [6.45, 7) is 2.13. The molecule has 2 N–H and O–H groups in total. The van der Waals surface area contributed by atoms with Gasteiger partial charge in [-0.1, -0.05) is 89.8 Å². The Morgan fingerprint density at radius 3 is 1.97 bits per heavy atom. The first-order valence-corrected chi connectivity index (χ1v) is 16.4. The van der Waals surface area contributed by atoms with Crippen molar-refractivity contribution in [3.8, 4) is 0 Å². The van der Waals surface area contributed by atoms with E-state index >= 15 is 0 Å². The first-order chi connectivity index (χ1) is 17.0. The lowest BCUT2D eigenvalue weighted by Gasteiger charge is -2.10. The third kappa shape index (κ3) is 11.3. The molecule has 36 heavy (non-hydrogen) atoms. The van der Waals surface area contributed by atoms with Crippen molar-refractivity contribution in [2.75, 3.05) is 5.75 Å². The highest BCUT2D eigenvalue weighted by Gasteiger charge is 2.18. The summed E-state index contributed by atoms with van der Waals surface area (Å²) in [6.07, 6.45) is 16.2. The summed E-state index contributed by atoms with van der Waals surface area (Å²) in [6, 6.07) is 3.95. The predicted octanol–water partition coefficient (Wildman–Crippen LogP) is 6.17. The highest BCUT2D eigenvalue weighted by Crippen LogP contribution is 2.22. The summed E-state index contributed by atoms with van der Waals surface area (Å²) >= 11 is 5.56. The molecule has 0 fully saturated rings. The van der Waals surface area contributed by atoms with Crippen LogP contribution in [0.3, 0.4) is 0 Å². The van der Waals surface area contributed by atoms with Crippen molar-refractivity contribution in [3.05, 3.63) is 24.0 Å². The Hall–Kier alpha value is -1.40. The fourth-order valence-corrected chi connectivity index (χ4v) is 5.52. The molecule has 204 valence electrons. The molecule has 8 nitrogen and oxygen atoms in total. The smallest absolute Gasteiger partial charge is 0.294 e. The molecule has 0 unspecified atom stereocenters. The van der Waals surface area contributed by atoms with E-state index in [4.69, 9.17) is 12.2 Å². The van der Waals surface area contributed by atoms with E-state index < -0.39 is 26.0 Å².